The maximum absolute atomic E-state index is 10.8. The number of rotatable bonds is 6. The fourth-order valence-electron chi connectivity index (χ4n) is 1.10. The van der Waals surface area contributed by atoms with Gasteiger partial charge < -0.3 is 20.9 Å². The van der Waals surface area contributed by atoms with Crippen molar-refractivity contribution >= 4 is 17.4 Å². The van der Waals surface area contributed by atoms with Crippen LogP contribution in [0.5, 0.6) is 5.88 Å². The summed E-state index contributed by atoms with van der Waals surface area (Å²) in [5.74, 6) is -1.36. The zero-order valence-corrected chi connectivity index (χ0v) is 9.36. The first kappa shape index (κ1) is 13.6. The number of hydrogen-bond donors (Lipinski definition) is 3. The summed E-state index contributed by atoms with van der Waals surface area (Å²) in [6.07, 6.45) is -0.435. The number of hydrogen-bond acceptors (Lipinski definition) is 8. The second-order valence-electron chi connectivity index (χ2n) is 3.14. The Morgan fingerprint density at radius 2 is 2.39 bits per heavy atom. The molecule has 10 heteroatoms. The SMILES string of the molecule is COc1ncnc(NCC(O)C(N)=O)c1[N+](=O)[O-]. The molecule has 0 saturated carbocycles. The number of aliphatic hydroxyl groups excluding tert-OH is 1. The van der Waals surface area contributed by atoms with Crippen molar-refractivity contribution in [1.82, 2.24) is 9.97 Å². The van der Waals surface area contributed by atoms with Crippen LogP contribution in [-0.2, 0) is 4.79 Å². The molecule has 0 aliphatic carbocycles. The number of methoxy groups -OCH3 is 1. The lowest BCUT2D eigenvalue weighted by atomic mass is 10.3. The lowest BCUT2D eigenvalue weighted by Gasteiger charge is -2.09. The molecule has 0 aliphatic heterocycles. The first-order chi connectivity index (χ1) is 8.47. The quantitative estimate of drug-likeness (QED) is 0.417. The molecule has 0 bridgehead atoms. The fraction of sp³-hybridized carbons (Fsp3) is 0.375. The van der Waals surface area contributed by atoms with Crippen LogP contribution < -0.4 is 15.8 Å². The second kappa shape index (κ2) is 5.72. The lowest BCUT2D eigenvalue weighted by molar-refractivity contribution is -0.385. The highest BCUT2D eigenvalue weighted by molar-refractivity contribution is 5.79. The number of nitrogens with two attached hydrogens (primary N) is 1. The van der Waals surface area contributed by atoms with Crippen LogP contribution in [0, 0.1) is 10.1 Å². The summed E-state index contributed by atoms with van der Waals surface area (Å²) in [5, 5.41) is 22.4. The maximum Gasteiger partial charge on any atom is 0.372 e. The molecule has 0 fully saturated rings. The topological polar surface area (TPSA) is 154 Å². The van der Waals surface area contributed by atoms with Gasteiger partial charge in [-0.25, -0.2) is 4.98 Å². The van der Waals surface area contributed by atoms with E-state index in [0.29, 0.717) is 0 Å². The summed E-state index contributed by atoms with van der Waals surface area (Å²) in [4.78, 5) is 27.9. The average molecular weight is 257 g/mol. The number of primary amides is 1. The predicted octanol–water partition coefficient (Wildman–Crippen LogP) is -1.35. The summed E-state index contributed by atoms with van der Waals surface area (Å²) in [6.45, 7) is -0.309. The molecule has 0 radical (unpaired) electrons. The van der Waals surface area contributed by atoms with Gasteiger partial charge in [0.05, 0.1) is 18.6 Å². The Labute approximate surface area is 101 Å². The van der Waals surface area contributed by atoms with Crippen LogP contribution in [0.2, 0.25) is 0 Å². The summed E-state index contributed by atoms with van der Waals surface area (Å²) in [5.41, 5.74) is 4.34. The third-order valence-electron chi connectivity index (χ3n) is 1.96. The maximum atomic E-state index is 10.8. The molecule has 0 spiro atoms. The van der Waals surface area contributed by atoms with Crippen molar-refractivity contribution in [1.29, 1.82) is 0 Å². The van der Waals surface area contributed by atoms with Gasteiger partial charge in [0, 0.05) is 0 Å². The molecule has 0 aromatic carbocycles. The van der Waals surface area contributed by atoms with E-state index in [1.165, 1.54) is 7.11 Å². The number of ether oxygens (including phenoxy) is 1. The third-order valence-corrected chi connectivity index (χ3v) is 1.96. The molecule has 1 atom stereocenters. The molecular weight excluding hydrogens is 246 g/mol. The van der Waals surface area contributed by atoms with Gasteiger partial charge in [-0.15, -0.1) is 0 Å². The van der Waals surface area contributed by atoms with Crippen molar-refractivity contribution in [3.8, 4) is 5.88 Å². The Bertz CT molecular complexity index is 465. The van der Waals surface area contributed by atoms with Gasteiger partial charge in [0.2, 0.25) is 11.7 Å². The highest BCUT2D eigenvalue weighted by Gasteiger charge is 2.24. The van der Waals surface area contributed by atoms with E-state index in [-0.39, 0.29) is 18.2 Å². The predicted molar refractivity (Wildman–Crippen MR) is 58.9 cm³/mol. The average Bonchev–Trinajstić information content (AvgIpc) is 2.34. The van der Waals surface area contributed by atoms with Gasteiger partial charge >= 0.3 is 5.69 Å². The zero-order valence-electron chi connectivity index (χ0n) is 9.36. The normalized spacial score (nSPS) is 11.7. The van der Waals surface area contributed by atoms with E-state index in [2.05, 4.69) is 15.3 Å². The van der Waals surface area contributed by atoms with Crippen molar-refractivity contribution in [3.05, 3.63) is 16.4 Å². The van der Waals surface area contributed by atoms with Crippen molar-refractivity contribution in [2.75, 3.05) is 19.0 Å². The first-order valence-corrected chi connectivity index (χ1v) is 4.72. The standard InChI is InChI=1S/C8H11N5O5/c1-18-8-5(13(16)17)7(11-3-12-8)10-2-4(14)6(9)15/h3-4,14H,2H2,1H3,(H2,9,15)(H,10,11,12). The van der Waals surface area contributed by atoms with Crippen LogP contribution in [0.3, 0.4) is 0 Å². The zero-order chi connectivity index (χ0) is 13.7. The van der Waals surface area contributed by atoms with E-state index < -0.39 is 22.6 Å². The first-order valence-electron chi connectivity index (χ1n) is 4.72. The lowest BCUT2D eigenvalue weighted by Crippen LogP contribution is -2.34. The summed E-state index contributed by atoms with van der Waals surface area (Å²) in [6, 6.07) is 0. The van der Waals surface area contributed by atoms with Crippen molar-refractivity contribution in [3.63, 3.8) is 0 Å². The number of nitro groups is 1. The summed E-state index contributed by atoms with van der Waals surface area (Å²) in [7, 11) is 1.22. The molecule has 18 heavy (non-hydrogen) atoms. The van der Waals surface area contributed by atoms with E-state index in [0.717, 1.165) is 6.33 Å². The van der Waals surface area contributed by atoms with Crippen LogP contribution in [0.4, 0.5) is 11.5 Å². The summed E-state index contributed by atoms with van der Waals surface area (Å²) < 4.78 is 4.71. The highest BCUT2D eigenvalue weighted by atomic mass is 16.6. The Kier molecular flexibility index (Phi) is 4.32. The van der Waals surface area contributed by atoms with E-state index >= 15 is 0 Å². The molecule has 1 aromatic rings. The van der Waals surface area contributed by atoms with Gasteiger partial charge in [-0.3, -0.25) is 14.9 Å². The largest absolute Gasteiger partial charge is 0.476 e. The smallest absolute Gasteiger partial charge is 0.372 e. The molecule has 1 aromatic heterocycles. The van der Waals surface area contributed by atoms with E-state index in [4.69, 9.17) is 15.6 Å². The van der Waals surface area contributed by atoms with Crippen LogP contribution >= 0.6 is 0 Å². The van der Waals surface area contributed by atoms with Crippen LogP contribution in [0.15, 0.2) is 6.33 Å². The summed E-state index contributed by atoms with van der Waals surface area (Å²) >= 11 is 0. The number of nitrogens with zero attached hydrogens (tertiary/aromatic N) is 3. The monoisotopic (exact) mass is 257 g/mol. The highest BCUT2D eigenvalue weighted by Crippen LogP contribution is 2.30. The van der Waals surface area contributed by atoms with Gasteiger partial charge in [-0.05, 0) is 0 Å². The van der Waals surface area contributed by atoms with Gasteiger partial charge in [-0.1, -0.05) is 0 Å². The number of carbonyl (C=O) groups excluding carboxylic acids is 1. The second-order valence-corrected chi connectivity index (χ2v) is 3.14. The van der Waals surface area contributed by atoms with E-state index in [1.54, 1.807) is 0 Å². The minimum Gasteiger partial charge on any atom is -0.476 e. The van der Waals surface area contributed by atoms with Gasteiger partial charge in [0.25, 0.3) is 5.88 Å². The number of aromatic nitrogens is 2. The molecule has 1 unspecified atom stereocenters. The molecule has 0 aliphatic rings. The van der Waals surface area contributed by atoms with Crippen LogP contribution in [0.1, 0.15) is 0 Å². The number of amides is 1. The molecule has 10 nitrogen and oxygen atoms in total. The van der Waals surface area contributed by atoms with Crippen molar-refractivity contribution in [2.24, 2.45) is 5.73 Å². The van der Waals surface area contributed by atoms with E-state index in [9.17, 15) is 14.9 Å². The number of nitrogens with one attached hydrogen (secondary N) is 1. The Morgan fingerprint density at radius 3 is 2.89 bits per heavy atom. The molecule has 0 saturated heterocycles. The van der Waals surface area contributed by atoms with Crippen LogP contribution in [0.25, 0.3) is 0 Å². The Hall–Kier alpha value is -2.49. The molecule has 1 amide bonds. The van der Waals surface area contributed by atoms with Crippen LogP contribution in [-0.4, -0.2) is 45.7 Å². The minimum atomic E-state index is -1.48. The Morgan fingerprint density at radius 1 is 1.72 bits per heavy atom. The fourth-order valence-corrected chi connectivity index (χ4v) is 1.10. The minimum absolute atomic E-state index is 0.174. The molecule has 4 N–H and O–H groups in total. The number of carbonyl (C=O) groups is 1. The molecule has 1 heterocycles. The van der Waals surface area contributed by atoms with Gasteiger partial charge in [0.1, 0.15) is 12.4 Å². The number of anilines is 1. The van der Waals surface area contributed by atoms with Crippen molar-refractivity contribution < 1.29 is 19.6 Å². The number of aliphatic hydroxyl groups is 1. The Balaban J connectivity index is 2.95. The molecule has 98 valence electrons. The third kappa shape index (κ3) is 3.01. The molecular formula is C8H11N5O5. The molecule has 1 rings (SSSR count). The van der Waals surface area contributed by atoms with Gasteiger partial charge in [0.15, 0.2) is 0 Å². The van der Waals surface area contributed by atoms with Crippen molar-refractivity contribution in [2.45, 2.75) is 6.10 Å². The van der Waals surface area contributed by atoms with E-state index in [1.807, 2.05) is 0 Å². The van der Waals surface area contributed by atoms with Gasteiger partial charge in [-0.2, -0.15) is 4.98 Å².